The molecule has 5 heteroatoms. The molecule has 2 heterocycles. The van der Waals surface area contributed by atoms with Crippen LogP contribution in [0.3, 0.4) is 0 Å². The van der Waals surface area contributed by atoms with E-state index < -0.39 is 6.04 Å². The Labute approximate surface area is 169 Å². The number of nitrogens with one attached hydrogen (secondary N) is 1. The smallest absolute Gasteiger partial charge is 0.254 e. The summed E-state index contributed by atoms with van der Waals surface area (Å²) in [6.07, 6.45) is 6.36. The Kier molecular flexibility index (Phi) is 5.56. The number of nitrogens with zero attached hydrogens (tertiary/aromatic N) is 1. The normalized spacial score (nSPS) is 14.4. The molecule has 0 fully saturated rings. The first-order valence-corrected chi connectivity index (χ1v) is 9.69. The molecule has 2 amide bonds. The highest BCUT2D eigenvalue weighted by Crippen LogP contribution is 2.29. The van der Waals surface area contributed by atoms with Crippen molar-refractivity contribution in [3.05, 3.63) is 96.0 Å². The average molecular weight is 386 g/mol. The van der Waals surface area contributed by atoms with Crippen LogP contribution in [0, 0.1) is 0 Å². The van der Waals surface area contributed by atoms with Gasteiger partial charge in [0.05, 0.1) is 6.26 Å². The zero-order valence-electron chi connectivity index (χ0n) is 16.0. The lowest BCUT2D eigenvalue weighted by molar-refractivity contribution is -0.125. The number of furan rings is 1. The van der Waals surface area contributed by atoms with Crippen LogP contribution in [0.5, 0.6) is 0 Å². The van der Waals surface area contributed by atoms with E-state index in [1.54, 1.807) is 29.4 Å². The lowest BCUT2D eigenvalue weighted by Gasteiger charge is -2.32. The quantitative estimate of drug-likeness (QED) is 0.671. The van der Waals surface area contributed by atoms with Crippen LogP contribution in [0.4, 0.5) is 5.69 Å². The molecular weight excluding hydrogens is 364 g/mol. The summed E-state index contributed by atoms with van der Waals surface area (Å²) in [5.41, 5.74) is 2.83. The molecule has 1 atom stereocenters. The largest absolute Gasteiger partial charge is 0.465 e. The lowest BCUT2D eigenvalue weighted by Crippen LogP contribution is -2.44. The molecule has 146 valence electrons. The van der Waals surface area contributed by atoms with Gasteiger partial charge in [-0.2, -0.15) is 0 Å². The second-order valence-electron chi connectivity index (χ2n) is 6.92. The van der Waals surface area contributed by atoms with Gasteiger partial charge in [-0.25, -0.2) is 0 Å². The highest BCUT2D eigenvalue weighted by molar-refractivity contribution is 6.02. The Balaban J connectivity index is 1.60. The van der Waals surface area contributed by atoms with Crippen molar-refractivity contribution in [1.82, 2.24) is 5.32 Å². The topological polar surface area (TPSA) is 62.6 Å². The van der Waals surface area contributed by atoms with Crippen molar-refractivity contribution in [1.29, 1.82) is 0 Å². The fourth-order valence-corrected chi connectivity index (χ4v) is 3.59. The zero-order chi connectivity index (χ0) is 20.1. The number of fused-ring (bicyclic) bond motifs is 1. The molecule has 0 saturated heterocycles. The number of hydrogen-bond donors (Lipinski definition) is 1. The van der Waals surface area contributed by atoms with Crippen LogP contribution in [0.2, 0.25) is 0 Å². The van der Waals surface area contributed by atoms with Gasteiger partial charge in [0, 0.05) is 18.3 Å². The molecule has 1 aliphatic heterocycles. The summed E-state index contributed by atoms with van der Waals surface area (Å²) < 4.78 is 5.21. The van der Waals surface area contributed by atoms with Crippen LogP contribution in [0.25, 0.3) is 6.08 Å². The number of anilines is 1. The molecule has 0 bridgehead atoms. The maximum atomic E-state index is 13.5. The van der Waals surface area contributed by atoms with Crippen molar-refractivity contribution in [3.8, 4) is 0 Å². The molecule has 29 heavy (non-hydrogen) atoms. The number of benzene rings is 2. The van der Waals surface area contributed by atoms with Gasteiger partial charge in [0.15, 0.2) is 0 Å². The van der Waals surface area contributed by atoms with Gasteiger partial charge >= 0.3 is 0 Å². The van der Waals surface area contributed by atoms with E-state index in [-0.39, 0.29) is 11.8 Å². The first-order valence-electron chi connectivity index (χ1n) is 9.69. The van der Waals surface area contributed by atoms with Crippen molar-refractivity contribution in [2.45, 2.75) is 18.9 Å². The Morgan fingerprint density at radius 1 is 1.00 bits per heavy atom. The molecule has 0 radical (unpaired) electrons. The van der Waals surface area contributed by atoms with Crippen molar-refractivity contribution < 1.29 is 14.0 Å². The van der Waals surface area contributed by atoms with Crippen LogP contribution >= 0.6 is 0 Å². The van der Waals surface area contributed by atoms with Crippen molar-refractivity contribution >= 4 is 23.6 Å². The molecular formula is C24H22N2O3. The van der Waals surface area contributed by atoms with Gasteiger partial charge in [-0.05, 0) is 48.2 Å². The van der Waals surface area contributed by atoms with Crippen LogP contribution in [0.1, 0.15) is 29.3 Å². The Morgan fingerprint density at radius 2 is 1.79 bits per heavy atom. The predicted octanol–water partition coefficient (Wildman–Crippen LogP) is 4.13. The Bertz CT molecular complexity index is 1010. The van der Waals surface area contributed by atoms with Crippen molar-refractivity contribution in [2.75, 3.05) is 11.4 Å². The number of carbonyl (C=O) groups is 2. The van der Waals surface area contributed by atoms with Gasteiger partial charge in [0.1, 0.15) is 11.8 Å². The Morgan fingerprint density at radius 3 is 2.59 bits per heavy atom. The number of hydrogen-bond acceptors (Lipinski definition) is 3. The van der Waals surface area contributed by atoms with Crippen molar-refractivity contribution in [3.63, 3.8) is 0 Å². The molecule has 1 aliphatic rings. The van der Waals surface area contributed by atoms with E-state index in [1.807, 2.05) is 48.5 Å². The fraction of sp³-hybridized carbons (Fsp3) is 0.167. The zero-order valence-corrected chi connectivity index (χ0v) is 16.0. The fourth-order valence-electron chi connectivity index (χ4n) is 3.59. The molecule has 1 unspecified atom stereocenters. The molecule has 0 aliphatic carbocycles. The number of amides is 2. The van der Waals surface area contributed by atoms with Crippen LogP contribution in [0.15, 0.2) is 83.5 Å². The molecule has 4 rings (SSSR count). The van der Waals surface area contributed by atoms with Crippen LogP contribution in [-0.2, 0) is 16.0 Å². The molecule has 0 spiro atoms. The van der Waals surface area contributed by atoms with Crippen molar-refractivity contribution in [2.24, 2.45) is 0 Å². The Hall–Kier alpha value is -3.60. The SMILES string of the molecule is O=C(C=Cc1ccco1)NC(C(=O)N1CCCc2ccccc21)c1ccccc1. The van der Waals surface area contributed by atoms with Gasteiger partial charge in [0.25, 0.3) is 5.91 Å². The van der Waals surface area contributed by atoms with Gasteiger partial charge in [-0.1, -0.05) is 48.5 Å². The summed E-state index contributed by atoms with van der Waals surface area (Å²) in [6, 6.07) is 20.0. The second kappa shape index (κ2) is 8.61. The molecule has 0 saturated carbocycles. The number of rotatable bonds is 5. The third kappa shape index (κ3) is 4.29. The van der Waals surface area contributed by atoms with Crippen LogP contribution < -0.4 is 10.2 Å². The first-order chi connectivity index (χ1) is 14.2. The molecule has 3 aromatic rings. The predicted molar refractivity (Wildman–Crippen MR) is 112 cm³/mol. The minimum Gasteiger partial charge on any atom is -0.465 e. The summed E-state index contributed by atoms with van der Waals surface area (Å²) in [5.74, 6) is 0.0877. The standard InChI is InChI=1S/C24H22N2O3/c27-22(15-14-20-12-7-17-29-20)25-23(19-9-2-1-3-10-19)24(28)26-16-6-11-18-8-4-5-13-21(18)26/h1-5,7-10,12-15,17,23H,6,11,16H2,(H,25,27). The number of para-hydroxylation sites is 1. The van der Waals surface area contributed by atoms with E-state index in [4.69, 9.17) is 4.42 Å². The minimum absolute atomic E-state index is 0.136. The first kappa shape index (κ1) is 18.7. The van der Waals surface area contributed by atoms with Gasteiger partial charge < -0.3 is 14.6 Å². The second-order valence-corrected chi connectivity index (χ2v) is 6.92. The molecule has 1 N–H and O–H groups in total. The van der Waals surface area contributed by atoms with Crippen LogP contribution in [-0.4, -0.2) is 18.4 Å². The van der Waals surface area contributed by atoms with Gasteiger partial charge in [-0.15, -0.1) is 0 Å². The van der Waals surface area contributed by atoms with E-state index in [0.717, 1.165) is 29.7 Å². The minimum atomic E-state index is -0.767. The van der Waals surface area contributed by atoms with E-state index in [9.17, 15) is 9.59 Å². The summed E-state index contributed by atoms with van der Waals surface area (Å²) in [7, 11) is 0. The number of carbonyl (C=O) groups excluding carboxylic acids is 2. The highest BCUT2D eigenvalue weighted by atomic mass is 16.3. The molecule has 5 nitrogen and oxygen atoms in total. The van der Waals surface area contributed by atoms with E-state index in [1.165, 1.54) is 6.08 Å². The lowest BCUT2D eigenvalue weighted by atomic mass is 9.99. The third-order valence-corrected chi connectivity index (χ3v) is 4.98. The maximum Gasteiger partial charge on any atom is 0.254 e. The highest BCUT2D eigenvalue weighted by Gasteiger charge is 2.30. The monoisotopic (exact) mass is 386 g/mol. The molecule has 2 aromatic carbocycles. The van der Waals surface area contributed by atoms with Gasteiger partial charge in [-0.3, -0.25) is 9.59 Å². The summed E-state index contributed by atoms with van der Waals surface area (Å²) in [4.78, 5) is 27.8. The number of aryl methyl sites for hydroxylation is 1. The maximum absolute atomic E-state index is 13.5. The van der Waals surface area contributed by atoms with E-state index in [0.29, 0.717) is 12.3 Å². The summed E-state index contributed by atoms with van der Waals surface area (Å²) >= 11 is 0. The van der Waals surface area contributed by atoms with E-state index in [2.05, 4.69) is 11.4 Å². The van der Waals surface area contributed by atoms with Gasteiger partial charge in [0.2, 0.25) is 5.91 Å². The average Bonchev–Trinajstić information content (AvgIpc) is 3.29. The molecule has 1 aromatic heterocycles. The summed E-state index contributed by atoms with van der Waals surface area (Å²) in [5, 5.41) is 2.87. The van der Waals surface area contributed by atoms with E-state index >= 15 is 0 Å². The summed E-state index contributed by atoms with van der Waals surface area (Å²) in [6.45, 7) is 0.636. The third-order valence-electron chi connectivity index (χ3n) is 4.98.